The zero-order valence-electron chi connectivity index (χ0n) is 17.9. The summed E-state index contributed by atoms with van der Waals surface area (Å²) in [5.74, 6) is -3.42. The maximum Gasteiger partial charge on any atom is 0.419 e. The van der Waals surface area contributed by atoms with Crippen molar-refractivity contribution in [1.82, 2.24) is 19.5 Å². The molecule has 1 saturated heterocycles. The smallest absolute Gasteiger partial charge is 0.344 e. The minimum Gasteiger partial charge on any atom is -0.344 e. The fraction of sp³-hybridized carbons (Fsp3) is 0.333. The summed E-state index contributed by atoms with van der Waals surface area (Å²) in [6.45, 7) is 3.22. The highest BCUT2D eigenvalue weighted by Crippen LogP contribution is 2.34. The molecule has 2 aromatic heterocycles. The number of amides is 1. The molecule has 2 N–H and O–H groups in total. The van der Waals surface area contributed by atoms with Crippen LogP contribution in [0.4, 0.5) is 39.5 Å². The van der Waals surface area contributed by atoms with E-state index in [0.717, 1.165) is 11.6 Å². The third kappa shape index (κ3) is 4.63. The molecule has 0 bridgehead atoms. The van der Waals surface area contributed by atoms with Gasteiger partial charge in [0.05, 0.1) is 16.6 Å². The van der Waals surface area contributed by atoms with Gasteiger partial charge in [-0.25, -0.2) is 23.7 Å². The minimum absolute atomic E-state index is 0.0102. The van der Waals surface area contributed by atoms with Gasteiger partial charge < -0.3 is 20.1 Å². The Morgan fingerprint density at radius 2 is 1.97 bits per heavy atom. The normalized spacial score (nSPS) is 18.1. The number of anilines is 3. The first-order valence-corrected chi connectivity index (χ1v) is 10.2. The van der Waals surface area contributed by atoms with E-state index >= 15 is 0 Å². The number of nitrogens with one attached hydrogen (secondary N) is 2. The summed E-state index contributed by atoms with van der Waals surface area (Å²) >= 11 is 0. The van der Waals surface area contributed by atoms with E-state index in [4.69, 9.17) is 0 Å². The van der Waals surface area contributed by atoms with E-state index in [-0.39, 0.29) is 24.9 Å². The second-order valence-corrected chi connectivity index (χ2v) is 7.81. The minimum atomic E-state index is -4.63. The number of alkyl halides is 5. The quantitative estimate of drug-likeness (QED) is 0.426. The van der Waals surface area contributed by atoms with Crippen molar-refractivity contribution in [3.8, 4) is 0 Å². The molecule has 0 radical (unpaired) electrons. The first-order chi connectivity index (χ1) is 16.0. The third-order valence-electron chi connectivity index (χ3n) is 5.50. The van der Waals surface area contributed by atoms with E-state index in [1.165, 1.54) is 0 Å². The lowest BCUT2D eigenvalue weighted by atomic mass is 10.0. The van der Waals surface area contributed by atoms with Crippen molar-refractivity contribution in [3.05, 3.63) is 48.8 Å². The number of benzene rings is 1. The molecule has 1 unspecified atom stereocenters. The fourth-order valence-corrected chi connectivity index (χ4v) is 3.68. The van der Waals surface area contributed by atoms with Gasteiger partial charge in [-0.1, -0.05) is 6.58 Å². The second kappa shape index (κ2) is 8.54. The van der Waals surface area contributed by atoms with E-state index in [2.05, 4.69) is 32.2 Å². The van der Waals surface area contributed by atoms with Crippen molar-refractivity contribution >= 4 is 34.5 Å². The molecule has 1 aliphatic heterocycles. The van der Waals surface area contributed by atoms with Crippen molar-refractivity contribution in [3.63, 3.8) is 0 Å². The Kier molecular flexibility index (Phi) is 5.87. The molecule has 1 amide bonds. The summed E-state index contributed by atoms with van der Waals surface area (Å²) in [5.41, 5.74) is 0.705. The number of aromatic nitrogens is 4. The molecule has 1 atom stereocenters. The number of fused-ring (bicyclic) bond motifs is 1. The zero-order chi connectivity index (χ0) is 24.7. The first kappa shape index (κ1) is 23.4. The molecule has 1 aliphatic rings. The Balaban J connectivity index is 1.56. The van der Waals surface area contributed by atoms with E-state index in [1.54, 1.807) is 34.7 Å². The van der Waals surface area contributed by atoms with Crippen LogP contribution in [-0.4, -0.2) is 50.5 Å². The van der Waals surface area contributed by atoms with Gasteiger partial charge in [0.1, 0.15) is 6.04 Å². The van der Waals surface area contributed by atoms with Gasteiger partial charge in [-0.05, 0) is 24.3 Å². The molecule has 0 spiro atoms. The predicted molar refractivity (Wildman–Crippen MR) is 116 cm³/mol. The van der Waals surface area contributed by atoms with Gasteiger partial charge in [0, 0.05) is 44.6 Å². The Morgan fingerprint density at radius 3 is 2.62 bits per heavy atom. The van der Waals surface area contributed by atoms with Crippen LogP contribution in [-0.2, 0) is 18.0 Å². The van der Waals surface area contributed by atoms with Crippen LogP contribution in [0.3, 0.4) is 0 Å². The number of piperidine rings is 1. The number of halogens is 5. The molecule has 1 fully saturated rings. The van der Waals surface area contributed by atoms with E-state index in [1.807, 2.05) is 0 Å². The largest absolute Gasteiger partial charge is 0.419 e. The summed E-state index contributed by atoms with van der Waals surface area (Å²) in [5, 5.41) is 5.10. The average molecular weight is 481 g/mol. The Labute approximate surface area is 190 Å². The number of imidazole rings is 1. The van der Waals surface area contributed by atoms with Crippen LogP contribution in [0.5, 0.6) is 0 Å². The molecule has 34 heavy (non-hydrogen) atoms. The van der Waals surface area contributed by atoms with Crippen LogP contribution in [0, 0.1) is 0 Å². The number of hydrogen-bond acceptors (Lipinski definition) is 6. The summed E-state index contributed by atoms with van der Waals surface area (Å²) in [4.78, 5) is 24.8. The van der Waals surface area contributed by atoms with Gasteiger partial charge in [-0.15, -0.1) is 0 Å². The molecule has 0 saturated carbocycles. The fourth-order valence-electron chi connectivity index (χ4n) is 3.68. The van der Waals surface area contributed by atoms with Crippen molar-refractivity contribution in [1.29, 1.82) is 0 Å². The van der Waals surface area contributed by atoms with Crippen LogP contribution < -0.4 is 15.5 Å². The second-order valence-electron chi connectivity index (χ2n) is 7.81. The van der Waals surface area contributed by atoms with Crippen LogP contribution in [0.2, 0.25) is 0 Å². The Morgan fingerprint density at radius 1 is 1.26 bits per heavy atom. The highest BCUT2D eigenvalue weighted by atomic mass is 19.4. The topological polar surface area (TPSA) is 88.0 Å². The standard InChI is InChI=1S/C21H20F5N7O/c1-3-17(34)29-13-4-5-15-14(8-13)30-19(32(15)2)33-7-6-20(22,23)16(11-33)31-18-27-9-12(10-28-18)21(24,25)26/h3-5,8-10,16H,1,6-7,11H2,2H3,(H,29,34)(H,27,28,31). The molecule has 0 aliphatic carbocycles. The number of carbonyl (C=O) groups is 1. The molecular weight excluding hydrogens is 461 g/mol. The lowest BCUT2D eigenvalue weighted by Crippen LogP contribution is -2.55. The van der Waals surface area contributed by atoms with Crippen molar-refractivity contribution < 1.29 is 26.7 Å². The van der Waals surface area contributed by atoms with Gasteiger partial charge in [-0.3, -0.25) is 4.79 Å². The first-order valence-electron chi connectivity index (χ1n) is 10.2. The van der Waals surface area contributed by atoms with Crippen molar-refractivity contribution in [2.24, 2.45) is 7.05 Å². The maximum atomic E-state index is 14.6. The number of nitrogens with zero attached hydrogens (tertiary/aromatic N) is 5. The number of rotatable bonds is 5. The molecule has 180 valence electrons. The highest BCUT2D eigenvalue weighted by molar-refractivity contribution is 6.00. The number of aryl methyl sites for hydroxylation is 1. The molecule has 3 heterocycles. The van der Waals surface area contributed by atoms with E-state index in [9.17, 15) is 26.7 Å². The van der Waals surface area contributed by atoms with Crippen molar-refractivity contribution in [2.45, 2.75) is 24.6 Å². The Hall–Kier alpha value is -3.77. The molecular formula is C21H20F5N7O. The van der Waals surface area contributed by atoms with E-state index in [0.29, 0.717) is 29.5 Å². The van der Waals surface area contributed by atoms with Gasteiger partial charge in [-0.2, -0.15) is 13.2 Å². The Bertz CT molecular complexity index is 1220. The summed E-state index contributed by atoms with van der Waals surface area (Å²) in [6, 6.07) is 3.63. The van der Waals surface area contributed by atoms with Crippen LogP contribution in [0.1, 0.15) is 12.0 Å². The summed E-state index contributed by atoms with van der Waals surface area (Å²) in [7, 11) is 1.74. The highest BCUT2D eigenvalue weighted by Gasteiger charge is 2.45. The SMILES string of the molecule is C=CC(=O)Nc1ccc2c(c1)nc(N1CCC(F)(F)C(Nc3ncc(C(F)(F)F)cn3)C1)n2C. The lowest BCUT2D eigenvalue weighted by molar-refractivity contribution is -0.138. The van der Waals surface area contributed by atoms with Gasteiger partial charge >= 0.3 is 6.18 Å². The van der Waals surface area contributed by atoms with Gasteiger partial charge in [0.15, 0.2) is 0 Å². The molecule has 4 rings (SSSR count). The molecule has 8 nitrogen and oxygen atoms in total. The predicted octanol–water partition coefficient (Wildman–Crippen LogP) is 3.83. The monoisotopic (exact) mass is 481 g/mol. The number of carbonyl (C=O) groups excluding carboxylic acids is 1. The zero-order valence-corrected chi connectivity index (χ0v) is 17.9. The van der Waals surface area contributed by atoms with Crippen LogP contribution >= 0.6 is 0 Å². The molecule has 1 aromatic carbocycles. The van der Waals surface area contributed by atoms with Crippen LogP contribution in [0.25, 0.3) is 11.0 Å². The summed E-state index contributed by atoms with van der Waals surface area (Å²) < 4.78 is 69.1. The van der Waals surface area contributed by atoms with Gasteiger partial charge in [0.2, 0.25) is 17.8 Å². The van der Waals surface area contributed by atoms with E-state index < -0.39 is 30.1 Å². The number of hydrogen-bond donors (Lipinski definition) is 2. The maximum absolute atomic E-state index is 14.6. The lowest BCUT2D eigenvalue weighted by Gasteiger charge is -2.39. The van der Waals surface area contributed by atoms with Gasteiger partial charge in [0.25, 0.3) is 5.92 Å². The molecule has 13 heteroatoms. The van der Waals surface area contributed by atoms with Crippen LogP contribution in [0.15, 0.2) is 43.2 Å². The summed E-state index contributed by atoms with van der Waals surface area (Å²) in [6.07, 6.45) is -2.91. The molecule has 3 aromatic rings. The third-order valence-corrected chi connectivity index (χ3v) is 5.50. The van der Waals surface area contributed by atoms with Crippen molar-refractivity contribution in [2.75, 3.05) is 28.6 Å². The average Bonchev–Trinajstić information content (AvgIpc) is 3.10.